The minimum absolute atomic E-state index is 0.304. The van der Waals surface area contributed by atoms with E-state index < -0.39 is 0 Å². The van der Waals surface area contributed by atoms with E-state index >= 15 is 0 Å². The minimum Gasteiger partial charge on any atom is -0.383 e. The molecule has 1 heterocycles. The molecule has 0 aromatic carbocycles. The van der Waals surface area contributed by atoms with Gasteiger partial charge in [0.25, 0.3) is 0 Å². The molecule has 0 amide bonds. The standard InChI is InChI=1S/C17H35BO/c1-15(2,3)10-11-12(16(4,5)6)13(14(18)19-11)17(7,8)9/h11-14H,10,18H2,1-9H3. The Morgan fingerprint density at radius 3 is 1.53 bits per heavy atom. The summed E-state index contributed by atoms with van der Waals surface area (Å²) in [5.41, 5.74) is 0.948. The van der Waals surface area contributed by atoms with Crippen LogP contribution in [-0.2, 0) is 4.74 Å². The van der Waals surface area contributed by atoms with Crippen LogP contribution in [0, 0.1) is 28.1 Å². The molecule has 112 valence electrons. The molecule has 0 radical (unpaired) electrons. The van der Waals surface area contributed by atoms with Gasteiger partial charge in [-0.3, -0.25) is 0 Å². The van der Waals surface area contributed by atoms with E-state index in [4.69, 9.17) is 4.74 Å². The first-order chi connectivity index (χ1) is 8.23. The van der Waals surface area contributed by atoms with Gasteiger partial charge in [-0.2, -0.15) is 0 Å². The second kappa shape index (κ2) is 5.09. The summed E-state index contributed by atoms with van der Waals surface area (Å²) in [4.78, 5) is 0. The van der Waals surface area contributed by atoms with Gasteiger partial charge in [0.1, 0.15) is 7.85 Å². The normalized spacial score (nSPS) is 33.7. The summed E-state index contributed by atoms with van der Waals surface area (Å²) in [5, 5.41) is 0. The summed E-state index contributed by atoms with van der Waals surface area (Å²) in [6.07, 6.45) is 1.56. The molecule has 0 aromatic heterocycles. The van der Waals surface area contributed by atoms with Gasteiger partial charge in [0.05, 0.1) is 6.10 Å². The van der Waals surface area contributed by atoms with Crippen molar-refractivity contribution in [3.05, 3.63) is 0 Å². The van der Waals surface area contributed by atoms with Crippen LogP contribution in [0.25, 0.3) is 0 Å². The first-order valence-corrected chi connectivity index (χ1v) is 7.89. The maximum atomic E-state index is 6.42. The van der Waals surface area contributed by atoms with Gasteiger partial charge >= 0.3 is 0 Å². The van der Waals surface area contributed by atoms with E-state index in [9.17, 15) is 0 Å². The highest BCUT2D eigenvalue weighted by Gasteiger charge is 2.52. The quantitative estimate of drug-likeness (QED) is 0.649. The van der Waals surface area contributed by atoms with E-state index in [0.717, 1.165) is 6.42 Å². The van der Waals surface area contributed by atoms with Gasteiger partial charge in [0, 0.05) is 6.00 Å². The number of hydrogen-bond donors (Lipinski definition) is 0. The first kappa shape index (κ1) is 17.1. The van der Waals surface area contributed by atoms with Gasteiger partial charge in [-0.05, 0) is 34.5 Å². The van der Waals surface area contributed by atoms with Crippen molar-refractivity contribution in [2.45, 2.75) is 80.8 Å². The largest absolute Gasteiger partial charge is 0.383 e. The Morgan fingerprint density at radius 2 is 1.21 bits per heavy atom. The lowest BCUT2D eigenvalue weighted by atomic mass is 9.58. The van der Waals surface area contributed by atoms with Crippen LogP contribution < -0.4 is 0 Å². The van der Waals surface area contributed by atoms with Crippen LogP contribution in [-0.4, -0.2) is 20.0 Å². The molecular formula is C17H35BO. The molecule has 0 aliphatic carbocycles. The maximum Gasteiger partial charge on any atom is 0.139 e. The van der Waals surface area contributed by atoms with Crippen molar-refractivity contribution >= 4 is 7.85 Å². The lowest BCUT2D eigenvalue weighted by Crippen LogP contribution is -2.41. The van der Waals surface area contributed by atoms with Crippen LogP contribution in [0.15, 0.2) is 0 Å². The molecule has 0 N–H and O–H groups in total. The van der Waals surface area contributed by atoms with Gasteiger partial charge in [-0.15, -0.1) is 0 Å². The lowest BCUT2D eigenvalue weighted by Gasteiger charge is -2.42. The average molecular weight is 266 g/mol. The van der Waals surface area contributed by atoms with Crippen LogP contribution in [0.4, 0.5) is 0 Å². The molecule has 1 aliphatic rings. The van der Waals surface area contributed by atoms with Crippen LogP contribution in [0.5, 0.6) is 0 Å². The number of ether oxygens (including phenoxy) is 1. The zero-order valence-electron chi connectivity index (χ0n) is 14.9. The SMILES string of the molecule is BC1OC(CC(C)(C)C)C(C(C)(C)C)C1C(C)(C)C. The fourth-order valence-corrected chi connectivity index (χ4v) is 4.09. The summed E-state index contributed by atoms with van der Waals surface area (Å²) in [6.45, 7) is 21.2. The van der Waals surface area contributed by atoms with Crippen LogP contribution in [0.2, 0.25) is 0 Å². The van der Waals surface area contributed by atoms with E-state index in [1.807, 2.05) is 0 Å². The molecule has 1 rings (SSSR count). The van der Waals surface area contributed by atoms with Gasteiger partial charge < -0.3 is 4.74 Å². The molecule has 1 saturated heterocycles. The summed E-state index contributed by atoms with van der Waals surface area (Å²) in [5.74, 6) is 1.28. The van der Waals surface area contributed by atoms with E-state index in [2.05, 4.69) is 70.2 Å². The average Bonchev–Trinajstić information content (AvgIpc) is 2.36. The van der Waals surface area contributed by atoms with Gasteiger partial charge in [0.2, 0.25) is 0 Å². The molecule has 0 aromatic rings. The monoisotopic (exact) mass is 266 g/mol. The highest BCUT2D eigenvalue weighted by molar-refractivity contribution is 6.11. The van der Waals surface area contributed by atoms with Gasteiger partial charge in [0.15, 0.2) is 0 Å². The Kier molecular flexibility index (Phi) is 4.58. The molecule has 1 fully saturated rings. The maximum absolute atomic E-state index is 6.42. The fraction of sp³-hybridized carbons (Fsp3) is 1.00. The Balaban J connectivity index is 3.08. The molecular weight excluding hydrogens is 231 g/mol. The first-order valence-electron chi connectivity index (χ1n) is 7.89. The predicted octanol–water partition coefficient (Wildman–Crippen LogP) is 4.11. The van der Waals surface area contributed by atoms with Crippen LogP contribution in [0.1, 0.15) is 68.7 Å². The molecule has 1 nitrogen and oxygen atoms in total. The zero-order chi connectivity index (χ0) is 15.2. The molecule has 0 bridgehead atoms. The predicted molar refractivity (Wildman–Crippen MR) is 87.2 cm³/mol. The molecule has 1 aliphatic heterocycles. The van der Waals surface area contributed by atoms with Crippen LogP contribution in [0.3, 0.4) is 0 Å². The number of rotatable bonds is 1. The van der Waals surface area contributed by atoms with Gasteiger partial charge in [-0.25, -0.2) is 0 Å². The topological polar surface area (TPSA) is 9.23 Å². The Bertz CT molecular complexity index is 303. The molecule has 0 spiro atoms. The third kappa shape index (κ3) is 4.24. The van der Waals surface area contributed by atoms with E-state index in [1.54, 1.807) is 0 Å². The smallest absolute Gasteiger partial charge is 0.139 e. The fourth-order valence-electron chi connectivity index (χ4n) is 4.09. The third-order valence-electron chi connectivity index (χ3n) is 4.50. The second-order valence-electron chi connectivity index (χ2n) is 9.93. The summed E-state index contributed by atoms with van der Waals surface area (Å²) in [6, 6.07) is 0.372. The summed E-state index contributed by atoms with van der Waals surface area (Å²) in [7, 11) is 2.28. The van der Waals surface area contributed by atoms with Crippen LogP contribution >= 0.6 is 0 Å². The molecule has 0 saturated carbocycles. The van der Waals surface area contributed by atoms with Crippen molar-refractivity contribution in [1.82, 2.24) is 0 Å². The van der Waals surface area contributed by atoms with Crippen molar-refractivity contribution in [2.75, 3.05) is 0 Å². The van der Waals surface area contributed by atoms with E-state index in [0.29, 0.717) is 40.2 Å². The summed E-state index contributed by atoms with van der Waals surface area (Å²) < 4.78 is 6.42. The minimum atomic E-state index is 0.304. The Hall–Kier alpha value is 0.0249. The highest BCUT2D eigenvalue weighted by Crippen LogP contribution is 2.52. The van der Waals surface area contributed by atoms with Crippen molar-refractivity contribution in [1.29, 1.82) is 0 Å². The third-order valence-corrected chi connectivity index (χ3v) is 4.50. The second-order valence-corrected chi connectivity index (χ2v) is 9.93. The number of hydrogen-bond acceptors (Lipinski definition) is 1. The molecule has 4 atom stereocenters. The van der Waals surface area contributed by atoms with Crippen molar-refractivity contribution in [3.63, 3.8) is 0 Å². The van der Waals surface area contributed by atoms with Crippen molar-refractivity contribution in [2.24, 2.45) is 28.1 Å². The molecule has 4 unspecified atom stereocenters. The van der Waals surface area contributed by atoms with Crippen molar-refractivity contribution in [3.8, 4) is 0 Å². The molecule has 19 heavy (non-hydrogen) atoms. The Labute approximate surface area is 122 Å². The van der Waals surface area contributed by atoms with Gasteiger partial charge in [-0.1, -0.05) is 62.3 Å². The lowest BCUT2D eigenvalue weighted by molar-refractivity contribution is 0.0169. The van der Waals surface area contributed by atoms with E-state index in [-0.39, 0.29) is 0 Å². The Morgan fingerprint density at radius 1 is 0.789 bits per heavy atom. The van der Waals surface area contributed by atoms with E-state index in [1.165, 1.54) is 0 Å². The molecule has 2 heteroatoms. The highest BCUT2D eigenvalue weighted by atomic mass is 16.5. The zero-order valence-corrected chi connectivity index (χ0v) is 14.9. The summed E-state index contributed by atoms with van der Waals surface area (Å²) >= 11 is 0. The van der Waals surface area contributed by atoms with Crippen molar-refractivity contribution < 1.29 is 4.74 Å².